The maximum Gasteiger partial charge on any atom is 0.321 e. The minimum absolute atomic E-state index is 0.127. The van der Waals surface area contributed by atoms with Crippen molar-refractivity contribution in [1.29, 1.82) is 0 Å². The molecule has 0 saturated heterocycles. The molecule has 0 radical (unpaired) electrons. The van der Waals surface area contributed by atoms with Crippen LogP contribution in [0.15, 0.2) is 6.20 Å². The van der Waals surface area contributed by atoms with E-state index in [0.717, 1.165) is 17.7 Å². The van der Waals surface area contributed by atoms with Crippen molar-refractivity contribution in [1.82, 2.24) is 20.4 Å². The third kappa shape index (κ3) is 4.37. The van der Waals surface area contributed by atoms with Gasteiger partial charge in [0.05, 0.1) is 5.69 Å². The summed E-state index contributed by atoms with van der Waals surface area (Å²) in [6.45, 7) is 2.34. The van der Waals surface area contributed by atoms with Gasteiger partial charge in [-0.2, -0.15) is 5.10 Å². The predicted molar refractivity (Wildman–Crippen MR) is 68.3 cm³/mol. The van der Waals surface area contributed by atoms with E-state index in [1.54, 1.807) is 4.68 Å². The molecule has 1 aromatic rings. The topological polar surface area (TPSA) is 76.0 Å². The summed E-state index contributed by atoms with van der Waals surface area (Å²) in [7, 11) is 1.83. The fraction of sp³-hybridized carbons (Fsp3) is 0.545. The molecule has 0 aliphatic rings. The summed E-state index contributed by atoms with van der Waals surface area (Å²) in [4.78, 5) is 22.5. The first kappa shape index (κ1) is 14.5. The Hall–Kier alpha value is -1.56. The molecule has 100 valence electrons. The average molecular weight is 273 g/mol. The van der Waals surface area contributed by atoms with Crippen molar-refractivity contribution in [2.75, 3.05) is 5.88 Å². The summed E-state index contributed by atoms with van der Waals surface area (Å²) >= 11 is 5.39. The fourth-order valence-electron chi connectivity index (χ4n) is 1.52. The van der Waals surface area contributed by atoms with E-state index in [0.29, 0.717) is 6.54 Å². The number of nitrogens with zero attached hydrogens (tertiary/aromatic N) is 2. The molecule has 7 heteroatoms. The standard InChI is InChI=1S/C11H17ClN4O2/c1-3-9-8(7-16(2)15-9)6-13-11(18)14-10(17)4-5-12/h7H,3-6H2,1-2H3,(H2,13,14,17,18). The fourth-order valence-corrected chi connectivity index (χ4v) is 1.70. The van der Waals surface area contributed by atoms with Gasteiger partial charge in [-0.3, -0.25) is 14.8 Å². The summed E-state index contributed by atoms with van der Waals surface area (Å²) < 4.78 is 1.70. The van der Waals surface area contributed by atoms with Gasteiger partial charge in [0.15, 0.2) is 0 Å². The first-order valence-electron chi connectivity index (χ1n) is 5.71. The largest absolute Gasteiger partial charge is 0.334 e. The Morgan fingerprint density at radius 1 is 1.50 bits per heavy atom. The van der Waals surface area contributed by atoms with Gasteiger partial charge in [-0.25, -0.2) is 4.79 Å². The van der Waals surface area contributed by atoms with Crippen LogP contribution in [0.4, 0.5) is 4.79 Å². The smallest absolute Gasteiger partial charge is 0.321 e. The Morgan fingerprint density at radius 2 is 2.22 bits per heavy atom. The zero-order valence-corrected chi connectivity index (χ0v) is 11.3. The number of alkyl halides is 1. The first-order chi connectivity index (χ1) is 8.56. The molecule has 0 aliphatic carbocycles. The number of aryl methyl sites for hydroxylation is 2. The second kappa shape index (κ2) is 7.00. The molecule has 0 spiro atoms. The van der Waals surface area contributed by atoms with Gasteiger partial charge in [-0.05, 0) is 6.42 Å². The van der Waals surface area contributed by atoms with Crippen LogP contribution in [0.3, 0.4) is 0 Å². The number of rotatable bonds is 5. The van der Waals surface area contributed by atoms with Crippen molar-refractivity contribution < 1.29 is 9.59 Å². The zero-order valence-electron chi connectivity index (χ0n) is 10.5. The predicted octanol–water partition coefficient (Wildman–Crippen LogP) is 0.937. The summed E-state index contributed by atoms with van der Waals surface area (Å²) in [5.74, 6) is -0.189. The van der Waals surface area contributed by atoms with Gasteiger partial charge < -0.3 is 5.32 Å². The van der Waals surface area contributed by atoms with E-state index >= 15 is 0 Å². The van der Waals surface area contributed by atoms with Crippen molar-refractivity contribution in [2.24, 2.45) is 7.05 Å². The van der Waals surface area contributed by atoms with Gasteiger partial charge in [-0.1, -0.05) is 6.92 Å². The Bertz CT molecular complexity index is 431. The molecule has 2 N–H and O–H groups in total. The molecular weight excluding hydrogens is 256 g/mol. The monoisotopic (exact) mass is 272 g/mol. The number of carbonyl (C=O) groups excluding carboxylic acids is 2. The minimum atomic E-state index is -0.518. The molecule has 3 amide bonds. The Kier molecular flexibility index (Phi) is 5.64. The lowest BCUT2D eigenvalue weighted by atomic mass is 10.2. The van der Waals surface area contributed by atoms with E-state index in [1.165, 1.54) is 0 Å². The van der Waals surface area contributed by atoms with Crippen LogP contribution in [0.25, 0.3) is 0 Å². The van der Waals surface area contributed by atoms with E-state index < -0.39 is 6.03 Å². The number of hydrogen-bond donors (Lipinski definition) is 2. The van der Waals surface area contributed by atoms with E-state index in [2.05, 4.69) is 15.7 Å². The Labute approximate surface area is 111 Å². The van der Waals surface area contributed by atoms with Crippen LogP contribution in [-0.4, -0.2) is 27.6 Å². The number of carbonyl (C=O) groups is 2. The Balaban J connectivity index is 2.44. The molecule has 0 aliphatic heterocycles. The quantitative estimate of drug-likeness (QED) is 0.783. The summed E-state index contributed by atoms with van der Waals surface area (Å²) in [5.41, 5.74) is 1.88. The van der Waals surface area contributed by atoms with Crippen molar-refractivity contribution in [3.05, 3.63) is 17.5 Å². The maximum absolute atomic E-state index is 11.4. The van der Waals surface area contributed by atoms with Crippen molar-refractivity contribution in [2.45, 2.75) is 26.3 Å². The first-order valence-corrected chi connectivity index (χ1v) is 6.25. The number of halogens is 1. The van der Waals surface area contributed by atoms with Crippen LogP contribution in [-0.2, 0) is 24.8 Å². The third-order valence-corrected chi connectivity index (χ3v) is 2.53. The molecule has 1 rings (SSSR count). The normalized spacial score (nSPS) is 10.2. The second-order valence-corrected chi connectivity index (χ2v) is 4.18. The van der Waals surface area contributed by atoms with Crippen LogP contribution in [0.5, 0.6) is 0 Å². The van der Waals surface area contributed by atoms with Crippen molar-refractivity contribution in [3.63, 3.8) is 0 Å². The highest BCUT2D eigenvalue weighted by Gasteiger charge is 2.09. The van der Waals surface area contributed by atoms with Crippen LogP contribution < -0.4 is 10.6 Å². The summed E-state index contributed by atoms with van der Waals surface area (Å²) in [6, 6.07) is -0.518. The van der Waals surface area contributed by atoms with Crippen LogP contribution >= 0.6 is 11.6 Å². The number of imide groups is 1. The van der Waals surface area contributed by atoms with Gasteiger partial charge in [-0.15, -0.1) is 11.6 Å². The number of nitrogens with one attached hydrogen (secondary N) is 2. The molecule has 0 saturated carbocycles. The summed E-state index contributed by atoms with van der Waals surface area (Å²) in [5, 5.41) is 9.06. The zero-order chi connectivity index (χ0) is 13.5. The molecule has 1 heterocycles. The highest BCUT2D eigenvalue weighted by Crippen LogP contribution is 2.06. The lowest BCUT2D eigenvalue weighted by Gasteiger charge is -2.05. The van der Waals surface area contributed by atoms with E-state index in [9.17, 15) is 9.59 Å². The molecule has 0 aromatic carbocycles. The summed E-state index contributed by atoms with van der Waals surface area (Å²) in [6.07, 6.45) is 2.77. The molecular formula is C11H17ClN4O2. The van der Waals surface area contributed by atoms with Crippen LogP contribution in [0.2, 0.25) is 0 Å². The van der Waals surface area contributed by atoms with E-state index in [4.69, 9.17) is 11.6 Å². The van der Waals surface area contributed by atoms with Crippen molar-refractivity contribution >= 4 is 23.5 Å². The Morgan fingerprint density at radius 3 is 2.83 bits per heavy atom. The lowest BCUT2D eigenvalue weighted by Crippen LogP contribution is -2.39. The maximum atomic E-state index is 11.4. The number of aromatic nitrogens is 2. The number of hydrogen-bond acceptors (Lipinski definition) is 3. The lowest BCUT2D eigenvalue weighted by molar-refractivity contribution is -0.119. The molecule has 0 unspecified atom stereocenters. The molecule has 0 bridgehead atoms. The van der Waals surface area contributed by atoms with Crippen molar-refractivity contribution in [3.8, 4) is 0 Å². The van der Waals surface area contributed by atoms with Gasteiger partial charge in [0.1, 0.15) is 0 Å². The van der Waals surface area contributed by atoms with Gasteiger partial charge in [0, 0.05) is 37.7 Å². The minimum Gasteiger partial charge on any atom is -0.334 e. The van der Waals surface area contributed by atoms with Crippen LogP contribution in [0.1, 0.15) is 24.6 Å². The molecule has 1 aromatic heterocycles. The number of urea groups is 1. The van der Waals surface area contributed by atoms with Crippen LogP contribution in [0, 0.1) is 0 Å². The highest BCUT2D eigenvalue weighted by atomic mass is 35.5. The molecule has 6 nitrogen and oxygen atoms in total. The second-order valence-electron chi connectivity index (χ2n) is 3.80. The third-order valence-electron chi connectivity index (χ3n) is 2.34. The highest BCUT2D eigenvalue weighted by molar-refractivity contribution is 6.19. The number of amides is 3. The molecule has 0 fully saturated rings. The van der Waals surface area contributed by atoms with Gasteiger partial charge in [0.2, 0.25) is 5.91 Å². The molecule has 18 heavy (non-hydrogen) atoms. The van der Waals surface area contributed by atoms with E-state index in [1.807, 2.05) is 20.2 Å². The SMILES string of the molecule is CCc1nn(C)cc1CNC(=O)NC(=O)CCCl. The molecule has 0 atom stereocenters. The average Bonchev–Trinajstić information content (AvgIpc) is 2.67. The van der Waals surface area contributed by atoms with Gasteiger partial charge >= 0.3 is 6.03 Å². The van der Waals surface area contributed by atoms with E-state index in [-0.39, 0.29) is 18.2 Å². The van der Waals surface area contributed by atoms with Gasteiger partial charge in [0.25, 0.3) is 0 Å².